The summed E-state index contributed by atoms with van der Waals surface area (Å²) in [7, 11) is 0. The number of benzene rings is 2. The minimum atomic E-state index is -0.0464. The van der Waals surface area contributed by atoms with E-state index in [1.54, 1.807) is 12.4 Å². The Bertz CT molecular complexity index is 1250. The lowest BCUT2D eigenvalue weighted by Crippen LogP contribution is -2.17. The summed E-state index contributed by atoms with van der Waals surface area (Å²) in [5, 5.41) is 1.20. The average Bonchev–Trinajstić information content (AvgIpc) is 2.83. The topological polar surface area (TPSA) is 86.3 Å². The van der Waals surface area contributed by atoms with Gasteiger partial charge in [0, 0.05) is 34.0 Å². The van der Waals surface area contributed by atoms with Crippen LogP contribution in [0, 0.1) is 0 Å². The van der Waals surface area contributed by atoms with Crippen molar-refractivity contribution in [1.82, 2.24) is 15.0 Å². The monoisotopic (exact) mass is 477 g/mol. The Balaban J connectivity index is 1.73. The van der Waals surface area contributed by atoms with E-state index in [4.69, 9.17) is 32.0 Å². The summed E-state index contributed by atoms with van der Waals surface area (Å²) < 4.78 is 6.00. The largest absolute Gasteiger partial charge is 0.489 e. The van der Waals surface area contributed by atoms with Gasteiger partial charge < -0.3 is 10.5 Å². The Morgan fingerprint density at radius 3 is 2.64 bits per heavy atom. The Labute approximate surface area is 202 Å². The summed E-state index contributed by atoms with van der Waals surface area (Å²) in [5.41, 5.74) is 8.88. The third kappa shape index (κ3) is 6.00. The fourth-order valence-corrected chi connectivity index (χ4v) is 3.91. The van der Waals surface area contributed by atoms with Gasteiger partial charge in [-0.2, -0.15) is 0 Å². The first-order chi connectivity index (χ1) is 16.0. The molecule has 8 heteroatoms. The maximum absolute atomic E-state index is 6.25. The van der Waals surface area contributed by atoms with E-state index in [9.17, 15) is 0 Å². The molecule has 0 fully saturated rings. The molecule has 2 heterocycles. The Hall–Kier alpha value is -3.16. The van der Waals surface area contributed by atoms with E-state index in [0.29, 0.717) is 29.2 Å². The van der Waals surface area contributed by atoms with Crippen LogP contribution in [0.1, 0.15) is 19.4 Å². The molecule has 0 spiro atoms. The highest BCUT2D eigenvalue weighted by Crippen LogP contribution is 2.31. The van der Waals surface area contributed by atoms with Gasteiger partial charge in [-0.25, -0.2) is 15.0 Å². The van der Waals surface area contributed by atoms with Crippen LogP contribution in [0.4, 0.5) is 5.82 Å². The van der Waals surface area contributed by atoms with Crippen LogP contribution in [0.3, 0.4) is 0 Å². The second-order valence-electron chi connectivity index (χ2n) is 7.52. The molecule has 0 saturated carbocycles. The highest BCUT2D eigenvalue weighted by molar-refractivity contribution is 8.14. The third-order valence-electron chi connectivity index (χ3n) is 4.98. The molecule has 0 aliphatic carbocycles. The molecule has 0 aliphatic heterocycles. The summed E-state index contributed by atoms with van der Waals surface area (Å²) in [6.45, 7) is 4.41. The molecule has 1 unspecified atom stereocenters. The molecule has 2 atom stereocenters. The van der Waals surface area contributed by atoms with Gasteiger partial charge in [-0.05, 0) is 42.8 Å². The smallest absolute Gasteiger partial charge is 0.166 e. The quantitative estimate of drug-likeness (QED) is 0.200. The number of amidine groups is 1. The van der Waals surface area contributed by atoms with Crippen LogP contribution in [-0.4, -0.2) is 30.7 Å². The number of aromatic nitrogens is 3. The van der Waals surface area contributed by atoms with Crippen molar-refractivity contribution in [3.63, 3.8) is 0 Å². The normalized spacial score (nSPS) is 13.6. The second kappa shape index (κ2) is 10.6. The molecular weight excluding hydrogens is 454 g/mol. The molecule has 2 aromatic heterocycles. The van der Waals surface area contributed by atoms with Crippen LogP contribution >= 0.6 is 23.4 Å². The molecule has 168 valence electrons. The highest BCUT2D eigenvalue weighted by atomic mass is 35.5. The standard InChI is InChI=1S/C25H24ClN5OS/c1-16(26)17(2)33-25(27)31-24-21-13-20(32-15-18-7-4-3-5-8-18)10-11-22(21)29-23(30-24)19-9-6-12-28-14-19/h3-14,16-17H,15H2,1-2H3,(H2,27,29,30,31)/t16-,17?/m0/s1. The van der Waals surface area contributed by atoms with E-state index >= 15 is 0 Å². The lowest BCUT2D eigenvalue weighted by molar-refractivity contribution is 0.306. The summed E-state index contributed by atoms with van der Waals surface area (Å²) >= 11 is 7.62. The van der Waals surface area contributed by atoms with Crippen molar-refractivity contribution in [3.05, 3.63) is 78.6 Å². The van der Waals surface area contributed by atoms with Crippen LogP contribution in [0.25, 0.3) is 22.3 Å². The minimum absolute atomic E-state index is 0.0464. The molecule has 0 saturated heterocycles. The summed E-state index contributed by atoms with van der Waals surface area (Å²) in [6, 6.07) is 19.5. The SMILES string of the molecule is CC(SC(N)=Nc1nc(-c2cccnc2)nc2ccc(OCc3ccccc3)cc12)[C@H](C)Cl. The maximum Gasteiger partial charge on any atom is 0.166 e. The van der Waals surface area contributed by atoms with Crippen LogP contribution in [0.15, 0.2) is 78.0 Å². The molecule has 0 aliphatic rings. The van der Waals surface area contributed by atoms with Crippen molar-refractivity contribution in [1.29, 1.82) is 0 Å². The van der Waals surface area contributed by atoms with E-state index in [1.165, 1.54) is 11.8 Å². The second-order valence-corrected chi connectivity index (χ2v) is 9.60. The summed E-state index contributed by atoms with van der Waals surface area (Å²) in [6.07, 6.45) is 3.44. The van der Waals surface area contributed by atoms with Gasteiger partial charge in [-0.15, -0.1) is 11.6 Å². The first-order valence-corrected chi connectivity index (χ1v) is 11.8. The summed E-state index contributed by atoms with van der Waals surface area (Å²) in [4.78, 5) is 18.2. The van der Waals surface area contributed by atoms with Gasteiger partial charge in [0.15, 0.2) is 16.8 Å². The van der Waals surface area contributed by atoms with E-state index in [-0.39, 0.29) is 10.6 Å². The van der Waals surface area contributed by atoms with Gasteiger partial charge in [-0.1, -0.05) is 49.0 Å². The number of fused-ring (bicyclic) bond motifs is 1. The number of rotatable bonds is 7. The molecular formula is C25H24ClN5OS. The molecule has 2 aromatic carbocycles. The van der Waals surface area contributed by atoms with Gasteiger partial charge in [0.05, 0.1) is 5.52 Å². The molecule has 33 heavy (non-hydrogen) atoms. The number of pyridine rings is 1. The van der Waals surface area contributed by atoms with E-state index in [1.807, 2.05) is 74.5 Å². The number of aliphatic imine (C=N–C) groups is 1. The van der Waals surface area contributed by atoms with Crippen molar-refractivity contribution in [2.45, 2.75) is 31.1 Å². The van der Waals surface area contributed by atoms with Gasteiger partial charge >= 0.3 is 0 Å². The van der Waals surface area contributed by atoms with Crippen molar-refractivity contribution in [2.24, 2.45) is 10.7 Å². The molecule has 0 amide bonds. The zero-order valence-corrected chi connectivity index (χ0v) is 19.9. The first kappa shape index (κ1) is 23.0. The number of hydrogen-bond donors (Lipinski definition) is 1. The Kier molecular flexibility index (Phi) is 7.42. The molecule has 4 rings (SSSR count). The van der Waals surface area contributed by atoms with E-state index in [0.717, 1.165) is 22.0 Å². The lowest BCUT2D eigenvalue weighted by atomic mass is 10.2. The van der Waals surface area contributed by atoms with Crippen LogP contribution in [0.2, 0.25) is 0 Å². The predicted octanol–water partition coefficient (Wildman–Crippen LogP) is 5.97. The lowest BCUT2D eigenvalue weighted by Gasteiger charge is -2.13. The highest BCUT2D eigenvalue weighted by Gasteiger charge is 2.14. The number of thioether (sulfide) groups is 1. The van der Waals surface area contributed by atoms with Gasteiger partial charge in [0.25, 0.3) is 0 Å². The predicted molar refractivity (Wildman–Crippen MR) is 137 cm³/mol. The Morgan fingerprint density at radius 1 is 1.09 bits per heavy atom. The molecule has 0 bridgehead atoms. The van der Waals surface area contributed by atoms with Gasteiger partial charge in [0.2, 0.25) is 0 Å². The fourth-order valence-electron chi connectivity index (χ4n) is 3.05. The fraction of sp³-hybridized carbons (Fsp3) is 0.200. The van der Waals surface area contributed by atoms with Crippen molar-refractivity contribution >= 4 is 45.3 Å². The number of halogens is 1. The summed E-state index contributed by atoms with van der Waals surface area (Å²) in [5.74, 6) is 1.71. The number of alkyl halides is 1. The number of ether oxygens (including phenoxy) is 1. The van der Waals surface area contributed by atoms with Gasteiger partial charge in [0.1, 0.15) is 12.4 Å². The molecule has 0 radical (unpaired) electrons. The van der Waals surface area contributed by atoms with Crippen molar-refractivity contribution < 1.29 is 4.74 Å². The zero-order valence-electron chi connectivity index (χ0n) is 18.4. The number of nitrogens with zero attached hydrogens (tertiary/aromatic N) is 4. The van der Waals surface area contributed by atoms with E-state index in [2.05, 4.69) is 9.98 Å². The molecule has 2 N–H and O–H groups in total. The van der Waals surface area contributed by atoms with Crippen molar-refractivity contribution in [3.8, 4) is 17.1 Å². The molecule has 6 nitrogen and oxygen atoms in total. The van der Waals surface area contributed by atoms with Crippen molar-refractivity contribution in [2.75, 3.05) is 0 Å². The maximum atomic E-state index is 6.25. The van der Waals surface area contributed by atoms with E-state index < -0.39 is 0 Å². The average molecular weight is 478 g/mol. The number of hydrogen-bond acceptors (Lipinski definition) is 6. The van der Waals surface area contributed by atoms with Crippen LogP contribution in [0.5, 0.6) is 5.75 Å². The first-order valence-electron chi connectivity index (χ1n) is 10.5. The van der Waals surface area contributed by atoms with Crippen LogP contribution < -0.4 is 10.5 Å². The third-order valence-corrected chi connectivity index (χ3v) is 6.62. The van der Waals surface area contributed by atoms with Gasteiger partial charge in [-0.3, -0.25) is 4.98 Å². The zero-order chi connectivity index (χ0) is 23.2. The Morgan fingerprint density at radius 2 is 1.91 bits per heavy atom. The molecule has 4 aromatic rings. The minimum Gasteiger partial charge on any atom is -0.489 e. The van der Waals surface area contributed by atoms with Crippen LogP contribution in [-0.2, 0) is 6.61 Å². The number of nitrogens with two attached hydrogens (primary N) is 1.